The summed E-state index contributed by atoms with van der Waals surface area (Å²) in [6.45, 7) is 3.49. The Bertz CT molecular complexity index is 864. The highest BCUT2D eigenvalue weighted by Gasteiger charge is 2.13. The van der Waals surface area contributed by atoms with E-state index in [1.54, 1.807) is 30.3 Å². The molecule has 0 aliphatic carbocycles. The molecule has 2 aromatic carbocycles. The second-order valence-corrected chi connectivity index (χ2v) is 8.10. The molecular weight excluding hydrogens is 496 g/mol. The molecule has 2 rings (SSSR count). The number of hydrogen-bond donors (Lipinski definition) is 3. The summed E-state index contributed by atoms with van der Waals surface area (Å²) in [6.07, 6.45) is 0.411. The molecule has 28 heavy (non-hydrogen) atoms. The average molecular weight is 516 g/mol. The third-order valence-electron chi connectivity index (χ3n) is 3.44. The molecule has 2 aromatic rings. The molecule has 9 heteroatoms. The lowest BCUT2D eigenvalue weighted by Crippen LogP contribution is -2.14. The predicted octanol–water partition coefficient (Wildman–Crippen LogP) is 5.03. The zero-order chi connectivity index (χ0) is 20.8. The van der Waals surface area contributed by atoms with Crippen LogP contribution in [-0.4, -0.2) is 23.6 Å². The van der Waals surface area contributed by atoms with Crippen LogP contribution in [0.5, 0.6) is 17.2 Å². The number of nitrogens with two attached hydrogens (primary N) is 1. The second kappa shape index (κ2) is 9.79. The molecule has 0 aliphatic heterocycles. The van der Waals surface area contributed by atoms with Crippen molar-refractivity contribution in [3.05, 3.63) is 39.3 Å². The monoisotopic (exact) mass is 514 g/mol. The molecule has 0 spiro atoms. The molecule has 0 unspecified atom stereocenters. The number of nitrogens with one attached hydrogen (secondary N) is 1. The normalized spacial score (nSPS) is 10.6. The second-order valence-electron chi connectivity index (χ2n) is 6.40. The number of carboxylic acid groups (broad SMARTS) is 1. The van der Waals surface area contributed by atoms with Crippen LogP contribution >= 0.6 is 31.9 Å². The zero-order valence-electron chi connectivity index (χ0n) is 15.3. The fraction of sp³-hybridized carbons (Fsp3) is 0.263. The Labute approximate surface area is 179 Å². The summed E-state index contributed by atoms with van der Waals surface area (Å²) in [7, 11) is 0. The van der Waals surface area contributed by atoms with E-state index < -0.39 is 12.6 Å². The van der Waals surface area contributed by atoms with Crippen molar-refractivity contribution >= 4 is 55.1 Å². The Morgan fingerprint density at radius 2 is 1.79 bits per heavy atom. The maximum absolute atomic E-state index is 11.9. The van der Waals surface area contributed by atoms with Gasteiger partial charge in [-0.05, 0) is 62.0 Å². The predicted molar refractivity (Wildman–Crippen MR) is 114 cm³/mol. The third kappa shape index (κ3) is 6.42. The Morgan fingerprint density at radius 3 is 2.32 bits per heavy atom. The molecule has 4 N–H and O–H groups in total. The molecule has 0 aliphatic rings. The van der Waals surface area contributed by atoms with Gasteiger partial charge in [0, 0.05) is 12.5 Å². The number of halogens is 2. The van der Waals surface area contributed by atoms with Gasteiger partial charge in [-0.3, -0.25) is 4.79 Å². The van der Waals surface area contributed by atoms with Crippen LogP contribution in [0.15, 0.2) is 39.3 Å². The topological polar surface area (TPSA) is 111 Å². The average Bonchev–Trinajstić information content (AvgIpc) is 2.58. The number of hydrogen-bond acceptors (Lipinski definition) is 5. The maximum Gasteiger partial charge on any atom is 0.341 e. The number of carbonyl (C=O) groups excluding carboxylic acids is 1. The van der Waals surface area contributed by atoms with Gasteiger partial charge in [-0.1, -0.05) is 13.8 Å². The molecule has 0 bridgehead atoms. The fourth-order valence-electron chi connectivity index (χ4n) is 2.27. The van der Waals surface area contributed by atoms with Crippen molar-refractivity contribution in [1.29, 1.82) is 0 Å². The van der Waals surface area contributed by atoms with E-state index in [0.29, 0.717) is 44.0 Å². The molecule has 0 heterocycles. The van der Waals surface area contributed by atoms with Crippen molar-refractivity contribution in [1.82, 2.24) is 0 Å². The van der Waals surface area contributed by atoms with E-state index in [4.69, 9.17) is 20.3 Å². The number of rotatable bonds is 8. The van der Waals surface area contributed by atoms with Crippen LogP contribution in [0.25, 0.3) is 0 Å². The first-order chi connectivity index (χ1) is 13.2. The Morgan fingerprint density at radius 1 is 1.14 bits per heavy atom. The number of carbonyl (C=O) groups is 2. The van der Waals surface area contributed by atoms with Crippen molar-refractivity contribution in [3.8, 4) is 17.2 Å². The Hall–Kier alpha value is -2.26. The Kier molecular flexibility index (Phi) is 7.70. The SMILES string of the molecule is CC(C)CC(=O)Nc1ccc(Oc2c(Br)cc(OCC(=O)O)cc2Br)cc1N. The lowest BCUT2D eigenvalue weighted by molar-refractivity contribution is -0.139. The molecule has 0 aromatic heterocycles. The maximum atomic E-state index is 11.9. The van der Waals surface area contributed by atoms with Gasteiger partial charge in [0.25, 0.3) is 0 Å². The quantitative estimate of drug-likeness (QED) is 0.425. The van der Waals surface area contributed by atoms with Gasteiger partial charge in [0.15, 0.2) is 12.4 Å². The lowest BCUT2D eigenvalue weighted by Gasteiger charge is -2.14. The summed E-state index contributed by atoms with van der Waals surface area (Å²) < 4.78 is 12.2. The molecule has 7 nitrogen and oxygen atoms in total. The number of nitrogen functional groups attached to an aromatic ring is 1. The van der Waals surface area contributed by atoms with Crippen LogP contribution in [0.4, 0.5) is 11.4 Å². The van der Waals surface area contributed by atoms with Crippen molar-refractivity contribution in [2.75, 3.05) is 17.7 Å². The first-order valence-electron chi connectivity index (χ1n) is 8.36. The van der Waals surface area contributed by atoms with Gasteiger partial charge in [-0.25, -0.2) is 4.79 Å². The van der Waals surface area contributed by atoms with Gasteiger partial charge in [0.05, 0.1) is 20.3 Å². The third-order valence-corrected chi connectivity index (χ3v) is 4.62. The number of amides is 1. The van der Waals surface area contributed by atoms with Gasteiger partial charge < -0.3 is 25.6 Å². The highest BCUT2D eigenvalue weighted by atomic mass is 79.9. The largest absolute Gasteiger partial charge is 0.482 e. The van der Waals surface area contributed by atoms with Crippen LogP contribution in [0, 0.1) is 5.92 Å². The molecule has 1 amide bonds. The fourth-order valence-corrected chi connectivity index (χ4v) is 3.58. The van der Waals surface area contributed by atoms with E-state index in [-0.39, 0.29) is 11.8 Å². The first kappa shape index (κ1) is 22.0. The summed E-state index contributed by atoms with van der Waals surface area (Å²) in [5, 5.41) is 11.5. The summed E-state index contributed by atoms with van der Waals surface area (Å²) in [5.74, 6) is 0.400. The van der Waals surface area contributed by atoms with Crippen LogP contribution in [0.1, 0.15) is 20.3 Å². The number of ether oxygens (including phenoxy) is 2. The Balaban J connectivity index is 2.14. The minimum absolute atomic E-state index is 0.0993. The highest BCUT2D eigenvalue weighted by molar-refractivity contribution is 9.11. The molecule has 0 saturated carbocycles. The van der Waals surface area contributed by atoms with E-state index >= 15 is 0 Å². The number of carboxylic acids is 1. The molecule has 150 valence electrons. The molecule has 0 fully saturated rings. The van der Waals surface area contributed by atoms with Gasteiger partial charge in [-0.2, -0.15) is 0 Å². The van der Waals surface area contributed by atoms with E-state index in [1.165, 1.54) is 0 Å². The van der Waals surface area contributed by atoms with Crippen LogP contribution in [0.3, 0.4) is 0 Å². The van der Waals surface area contributed by atoms with E-state index in [0.717, 1.165) is 0 Å². The summed E-state index contributed by atoms with van der Waals surface area (Å²) in [5.41, 5.74) is 6.93. The van der Waals surface area contributed by atoms with Gasteiger partial charge in [0.1, 0.15) is 11.5 Å². The minimum Gasteiger partial charge on any atom is -0.482 e. The van der Waals surface area contributed by atoms with Gasteiger partial charge in [0.2, 0.25) is 5.91 Å². The van der Waals surface area contributed by atoms with Gasteiger partial charge >= 0.3 is 5.97 Å². The first-order valence-corrected chi connectivity index (χ1v) is 9.95. The van der Waals surface area contributed by atoms with Crippen LogP contribution in [0.2, 0.25) is 0 Å². The van der Waals surface area contributed by atoms with Crippen molar-refractivity contribution in [3.63, 3.8) is 0 Å². The number of benzene rings is 2. The minimum atomic E-state index is -1.07. The van der Waals surface area contributed by atoms with E-state index in [9.17, 15) is 9.59 Å². The van der Waals surface area contributed by atoms with Crippen molar-refractivity contribution in [2.24, 2.45) is 5.92 Å². The van der Waals surface area contributed by atoms with Gasteiger partial charge in [-0.15, -0.1) is 0 Å². The molecular formula is C19H20Br2N2O5. The van der Waals surface area contributed by atoms with Crippen molar-refractivity contribution < 1.29 is 24.2 Å². The molecule has 0 saturated heterocycles. The highest BCUT2D eigenvalue weighted by Crippen LogP contribution is 2.40. The number of anilines is 2. The van der Waals surface area contributed by atoms with Crippen LogP contribution < -0.4 is 20.5 Å². The summed E-state index contributed by atoms with van der Waals surface area (Å²) in [6, 6.07) is 8.18. The van der Waals surface area contributed by atoms with Crippen molar-refractivity contribution in [2.45, 2.75) is 20.3 Å². The number of aliphatic carboxylic acids is 1. The summed E-state index contributed by atoms with van der Waals surface area (Å²) in [4.78, 5) is 22.5. The summed E-state index contributed by atoms with van der Waals surface area (Å²) >= 11 is 6.76. The van der Waals surface area contributed by atoms with E-state index in [2.05, 4.69) is 37.2 Å². The van der Waals surface area contributed by atoms with E-state index in [1.807, 2.05) is 13.8 Å². The van der Waals surface area contributed by atoms with Crippen LogP contribution in [-0.2, 0) is 9.59 Å². The lowest BCUT2D eigenvalue weighted by atomic mass is 10.1. The standard InChI is InChI=1S/C19H20Br2N2O5/c1-10(2)5-17(24)23-16-4-3-11(8-15(16)22)28-19-13(20)6-12(7-14(19)21)27-9-18(25)26/h3-4,6-8,10H,5,9,22H2,1-2H3,(H,23,24)(H,25,26). The smallest absolute Gasteiger partial charge is 0.341 e. The molecule has 0 atom stereocenters. The molecule has 0 radical (unpaired) electrons. The zero-order valence-corrected chi connectivity index (χ0v) is 18.5.